The highest BCUT2D eigenvalue weighted by Crippen LogP contribution is 2.19. The fraction of sp³-hybridized carbons (Fsp3) is 0.375. The average Bonchev–Trinajstić information content (AvgIpc) is 3.12. The van der Waals surface area contributed by atoms with E-state index < -0.39 is 0 Å². The molecule has 1 aliphatic rings. The Labute approximate surface area is 124 Å². The second kappa shape index (κ2) is 6.10. The molecule has 5 nitrogen and oxygen atoms in total. The average molecular weight is 284 g/mol. The van der Waals surface area contributed by atoms with Crippen LogP contribution in [0.4, 0.5) is 5.69 Å². The third-order valence-electron chi connectivity index (χ3n) is 3.98. The largest absolute Gasteiger partial charge is 0.326 e. The zero-order chi connectivity index (χ0) is 14.7. The van der Waals surface area contributed by atoms with E-state index in [1.54, 1.807) is 6.20 Å². The first kappa shape index (κ1) is 13.8. The monoisotopic (exact) mass is 284 g/mol. The molecule has 2 atom stereocenters. The van der Waals surface area contributed by atoms with Gasteiger partial charge in [-0.1, -0.05) is 19.1 Å². The third kappa shape index (κ3) is 3.31. The number of benzene rings is 1. The predicted octanol–water partition coefficient (Wildman–Crippen LogP) is 1.73. The van der Waals surface area contributed by atoms with Crippen molar-refractivity contribution in [2.75, 3.05) is 18.4 Å². The number of anilines is 1. The van der Waals surface area contributed by atoms with Gasteiger partial charge in [-0.25, -0.2) is 0 Å². The number of nitrogens with one attached hydrogen (secondary N) is 2. The number of carbonyl (C=O) groups is 1. The maximum Gasteiger partial charge on any atom is 0.229 e. The van der Waals surface area contributed by atoms with Crippen LogP contribution < -0.4 is 10.6 Å². The lowest BCUT2D eigenvalue weighted by molar-refractivity contribution is -0.120. The van der Waals surface area contributed by atoms with Crippen LogP contribution in [0.5, 0.6) is 0 Å². The SMILES string of the molecule is C[C@@H]1CNC[C@H]1C(=O)Nc1ccc(Cn2cccn2)cc1. The van der Waals surface area contributed by atoms with Gasteiger partial charge >= 0.3 is 0 Å². The quantitative estimate of drug-likeness (QED) is 0.899. The van der Waals surface area contributed by atoms with Crippen molar-refractivity contribution in [1.82, 2.24) is 15.1 Å². The number of nitrogens with zero attached hydrogens (tertiary/aromatic N) is 2. The van der Waals surface area contributed by atoms with Crippen molar-refractivity contribution in [2.45, 2.75) is 13.5 Å². The minimum absolute atomic E-state index is 0.0637. The minimum atomic E-state index is 0.0637. The Hall–Kier alpha value is -2.14. The normalized spacial score (nSPS) is 21.4. The van der Waals surface area contributed by atoms with E-state index in [1.807, 2.05) is 41.2 Å². The summed E-state index contributed by atoms with van der Waals surface area (Å²) in [6, 6.07) is 9.85. The van der Waals surface area contributed by atoms with Crippen LogP contribution in [0.1, 0.15) is 12.5 Å². The van der Waals surface area contributed by atoms with Crippen molar-refractivity contribution < 1.29 is 4.79 Å². The van der Waals surface area contributed by atoms with Gasteiger partial charge in [0.2, 0.25) is 5.91 Å². The molecule has 1 aliphatic heterocycles. The first-order valence-corrected chi connectivity index (χ1v) is 7.30. The molecule has 0 aliphatic carbocycles. The molecule has 1 aromatic carbocycles. The van der Waals surface area contributed by atoms with Gasteiger partial charge in [-0.3, -0.25) is 9.48 Å². The second-order valence-electron chi connectivity index (χ2n) is 5.63. The van der Waals surface area contributed by atoms with Gasteiger partial charge in [0.25, 0.3) is 0 Å². The number of amides is 1. The second-order valence-corrected chi connectivity index (χ2v) is 5.63. The number of aromatic nitrogens is 2. The summed E-state index contributed by atoms with van der Waals surface area (Å²) in [4.78, 5) is 12.2. The molecular weight excluding hydrogens is 264 g/mol. The third-order valence-corrected chi connectivity index (χ3v) is 3.98. The summed E-state index contributed by atoms with van der Waals surface area (Å²) < 4.78 is 1.87. The van der Waals surface area contributed by atoms with Gasteiger partial charge in [-0.05, 0) is 36.2 Å². The summed E-state index contributed by atoms with van der Waals surface area (Å²) in [5.41, 5.74) is 2.01. The first-order valence-electron chi connectivity index (χ1n) is 7.30. The Bertz CT molecular complexity index is 591. The highest BCUT2D eigenvalue weighted by atomic mass is 16.1. The Morgan fingerprint density at radius 3 is 2.81 bits per heavy atom. The van der Waals surface area contributed by atoms with Gasteiger partial charge in [-0.15, -0.1) is 0 Å². The maximum absolute atomic E-state index is 12.2. The number of carbonyl (C=O) groups excluding carboxylic acids is 1. The molecule has 1 aromatic heterocycles. The molecule has 1 saturated heterocycles. The van der Waals surface area contributed by atoms with E-state index in [0.717, 1.165) is 30.9 Å². The summed E-state index contributed by atoms with van der Waals surface area (Å²) in [6.45, 7) is 4.54. The standard InChI is InChI=1S/C16H20N4O/c1-12-9-17-10-15(12)16(21)19-14-5-3-13(4-6-14)11-20-8-2-7-18-20/h2-8,12,15,17H,9-11H2,1H3,(H,19,21)/t12-,15-/m1/s1. The maximum atomic E-state index is 12.2. The van der Waals surface area contributed by atoms with E-state index in [1.165, 1.54) is 0 Å². The summed E-state index contributed by atoms with van der Waals surface area (Å²) in [6.07, 6.45) is 3.70. The van der Waals surface area contributed by atoms with Crippen molar-refractivity contribution in [2.24, 2.45) is 11.8 Å². The van der Waals surface area contributed by atoms with Crippen molar-refractivity contribution in [3.05, 3.63) is 48.3 Å². The van der Waals surface area contributed by atoms with Gasteiger partial charge in [0.15, 0.2) is 0 Å². The topological polar surface area (TPSA) is 59.0 Å². The summed E-state index contributed by atoms with van der Waals surface area (Å²) in [5, 5.41) is 10.4. The molecular formula is C16H20N4O. The van der Waals surface area contributed by atoms with E-state index in [0.29, 0.717) is 5.92 Å². The molecule has 5 heteroatoms. The molecule has 0 bridgehead atoms. The zero-order valence-corrected chi connectivity index (χ0v) is 12.1. The van der Waals surface area contributed by atoms with E-state index in [9.17, 15) is 4.79 Å². The van der Waals surface area contributed by atoms with Crippen molar-refractivity contribution in [3.63, 3.8) is 0 Å². The fourth-order valence-electron chi connectivity index (χ4n) is 2.67. The van der Waals surface area contributed by atoms with E-state index >= 15 is 0 Å². The Balaban J connectivity index is 1.60. The minimum Gasteiger partial charge on any atom is -0.326 e. The van der Waals surface area contributed by atoms with Gasteiger partial charge < -0.3 is 10.6 Å². The van der Waals surface area contributed by atoms with Crippen LogP contribution in [0.2, 0.25) is 0 Å². The van der Waals surface area contributed by atoms with Crippen LogP contribution in [-0.2, 0) is 11.3 Å². The van der Waals surface area contributed by atoms with Crippen LogP contribution >= 0.6 is 0 Å². The Kier molecular flexibility index (Phi) is 4.01. The lowest BCUT2D eigenvalue weighted by atomic mass is 9.97. The lowest BCUT2D eigenvalue weighted by Gasteiger charge is -2.14. The molecule has 2 aromatic rings. The van der Waals surface area contributed by atoms with E-state index in [-0.39, 0.29) is 11.8 Å². The number of rotatable bonds is 4. The zero-order valence-electron chi connectivity index (χ0n) is 12.1. The molecule has 0 unspecified atom stereocenters. The molecule has 1 amide bonds. The van der Waals surface area contributed by atoms with Crippen LogP contribution in [0.15, 0.2) is 42.7 Å². The Morgan fingerprint density at radius 1 is 1.38 bits per heavy atom. The predicted molar refractivity (Wildman–Crippen MR) is 81.9 cm³/mol. The number of hydrogen-bond donors (Lipinski definition) is 2. The molecule has 21 heavy (non-hydrogen) atoms. The highest BCUT2D eigenvalue weighted by molar-refractivity contribution is 5.93. The summed E-state index contributed by atoms with van der Waals surface area (Å²) in [5.74, 6) is 0.560. The molecule has 0 saturated carbocycles. The van der Waals surface area contributed by atoms with E-state index in [2.05, 4.69) is 22.7 Å². The van der Waals surface area contributed by atoms with Crippen molar-refractivity contribution in [3.8, 4) is 0 Å². The molecule has 2 N–H and O–H groups in total. The summed E-state index contributed by atoms with van der Waals surface area (Å²) >= 11 is 0. The van der Waals surface area contributed by atoms with Crippen LogP contribution in [-0.4, -0.2) is 28.8 Å². The molecule has 0 spiro atoms. The first-order chi connectivity index (χ1) is 10.2. The van der Waals surface area contributed by atoms with Gasteiger partial charge in [0, 0.05) is 24.6 Å². The van der Waals surface area contributed by atoms with E-state index in [4.69, 9.17) is 0 Å². The van der Waals surface area contributed by atoms with Gasteiger partial charge in [0.05, 0.1) is 12.5 Å². The van der Waals surface area contributed by atoms with Crippen LogP contribution in [0.3, 0.4) is 0 Å². The van der Waals surface area contributed by atoms with Gasteiger partial charge in [-0.2, -0.15) is 5.10 Å². The molecule has 110 valence electrons. The van der Waals surface area contributed by atoms with Gasteiger partial charge in [0.1, 0.15) is 0 Å². The molecule has 1 fully saturated rings. The van der Waals surface area contributed by atoms with Crippen molar-refractivity contribution >= 4 is 11.6 Å². The Morgan fingerprint density at radius 2 is 2.19 bits per heavy atom. The molecule has 3 rings (SSSR count). The molecule has 0 radical (unpaired) electrons. The smallest absolute Gasteiger partial charge is 0.229 e. The fourth-order valence-corrected chi connectivity index (χ4v) is 2.67. The van der Waals surface area contributed by atoms with Crippen LogP contribution in [0.25, 0.3) is 0 Å². The number of hydrogen-bond acceptors (Lipinski definition) is 3. The van der Waals surface area contributed by atoms with Crippen LogP contribution in [0, 0.1) is 11.8 Å². The van der Waals surface area contributed by atoms with Crippen molar-refractivity contribution in [1.29, 1.82) is 0 Å². The highest BCUT2D eigenvalue weighted by Gasteiger charge is 2.29. The molecule has 2 heterocycles. The summed E-state index contributed by atoms with van der Waals surface area (Å²) in [7, 11) is 0. The lowest BCUT2D eigenvalue weighted by Crippen LogP contribution is -2.27.